The first-order chi connectivity index (χ1) is 5.79. The van der Waals surface area contributed by atoms with E-state index in [0.717, 1.165) is 12.8 Å². The van der Waals surface area contributed by atoms with E-state index >= 15 is 0 Å². The molecule has 0 radical (unpaired) electrons. The summed E-state index contributed by atoms with van der Waals surface area (Å²) in [4.78, 5) is 22.3. The van der Waals surface area contributed by atoms with Crippen molar-refractivity contribution in [2.24, 2.45) is 23.7 Å². The van der Waals surface area contributed by atoms with Crippen LogP contribution in [-0.4, -0.2) is 11.9 Å². The van der Waals surface area contributed by atoms with E-state index in [2.05, 4.69) is 4.74 Å². The monoisotopic (exact) mass is 166 g/mol. The minimum absolute atomic E-state index is 0.0509. The number of ether oxygens (including phenoxy) is 1. The van der Waals surface area contributed by atoms with Crippen LogP contribution in [0.25, 0.3) is 0 Å². The van der Waals surface area contributed by atoms with Crippen LogP contribution in [0.5, 0.6) is 0 Å². The van der Waals surface area contributed by atoms with Crippen molar-refractivity contribution >= 4 is 11.9 Å². The predicted octanol–water partition coefficient (Wildman–Crippen LogP) is 0.732. The summed E-state index contributed by atoms with van der Waals surface area (Å²) >= 11 is 0. The Morgan fingerprint density at radius 3 is 2.00 bits per heavy atom. The summed E-state index contributed by atoms with van der Waals surface area (Å²) in [7, 11) is 0. The van der Waals surface area contributed by atoms with Crippen molar-refractivity contribution < 1.29 is 14.3 Å². The minimum Gasteiger partial charge on any atom is -0.393 e. The van der Waals surface area contributed by atoms with Crippen LogP contribution in [0.2, 0.25) is 0 Å². The second kappa shape index (κ2) is 1.90. The largest absolute Gasteiger partial charge is 0.393 e. The topological polar surface area (TPSA) is 43.4 Å². The molecule has 2 saturated carbocycles. The molecule has 3 fully saturated rings. The van der Waals surface area contributed by atoms with Crippen molar-refractivity contribution in [1.82, 2.24) is 0 Å². The number of carbonyl (C=O) groups is 2. The van der Waals surface area contributed by atoms with Crippen LogP contribution < -0.4 is 0 Å². The Bertz CT molecular complexity index is 245. The fourth-order valence-electron chi connectivity index (χ4n) is 3.17. The van der Waals surface area contributed by atoms with Gasteiger partial charge in [-0.25, -0.2) is 0 Å². The fraction of sp³-hybridized carbons (Fsp3) is 0.778. The van der Waals surface area contributed by atoms with Crippen molar-refractivity contribution in [2.45, 2.75) is 19.3 Å². The zero-order valence-corrected chi connectivity index (χ0v) is 6.66. The van der Waals surface area contributed by atoms with E-state index in [4.69, 9.17) is 0 Å². The van der Waals surface area contributed by atoms with Gasteiger partial charge in [0, 0.05) is 0 Å². The van der Waals surface area contributed by atoms with E-state index in [-0.39, 0.29) is 23.8 Å². The molecule has 1 saturated heterocycles. The van der Waals surface area contributed by atoms with E-state index < -0.39 is 0 Å². The standard InChI is InChI=1S/C9H10O3/c10-8-6-4-2-1-3-5(4)7(6)9(11)12-8/h4-7H,1-3H2. The maximum absolute atomic E-state index is 11.1. The molecule has 4 atom stereocenters. The van der Waals surface area contributed by atoms with Crippen LogP contribution in [0.3, 0.4) is 0 Å². The zero-order chi connectivity index (χ0) is 8.29. The van der Waals surface area contributed by atoms with Crippen LogP contribution in [0, 0.1) is 23.7 Å². The molecule has 12 heavy (non-hydrogen) atoms. The summed E-state index contributed by atoms with van der Waals surface area (Å²) in [5.41, 5.74) is 0. The van der Waals surface area contributed by atoms with Gasteiger partial charge in [0.25, 0.3) is 0 Å². The second-order valence-corrected chi connectivity index (χ2v) is 4.05. The van der Waals surface area contributed by atoms with Gasteiger partial charge in [-0.05, 0) is 24.7 Å². The van der Waals surface area contributed by atoms with E-state index in [1.807, 2.05) is 0 Å². The van der Waals surface area contributed by atoms with Crippen molar-refractivity contribution in [2.75, 3.05) is 0 Å². The number of esters is 2. The van der Waals surface area contributed by atoms with Gasteiger partial charge >= 0.3 is 11.9 Å². The van der Waals surface area contributed by atoms with E-state index in [9.17, 15) is 9.59 Å². The number of hydrogen-bond acceptors (Lipinski definition) is 3. The molecule has 0 aromatic carbocycles. The molecular weight excluding hydrogens is 156 g/mol. The third kappa shape index (κ3) is 0.551. The lowest BCUT2D eigenvalue weighted by atomic mass is 9.59. The lowest BCUT2D eigenvalue weighted by Gasteiger charge is -2.39. The third-order valence-corrected chi connectivity index (χ3v) is 3.68. The summed E-state index contributed by atoms with van der Waals surface area (Å²) in [5, 5.41) is 0. The Morgan fingerprint density at radius 2 is 1.50 bits per heavy atom. The molecule has 0 aromatic heterocycles. The van der Waals surface area contributed by atoms with Crippen molar-refractivity contribution in [3.05, 3.63) is 0 Å². The smallest absolute Gasteiger partial charge is 0.317 e. The molecule has 0 spiro atoms. The van der Waals surface area contributed by atoms with Gasteiger partial charge in [0.1, 0.15) is 0 Å². The summed E-state index contributed by atoms with van der Waals surface area (Å²) in [6.45, 7) is 0. The van der Waals surface area contributed by atoms with Gasteiger partial charge in [0.05, 0.1) is 11.8 Å². The second-order valence-electron chi connectivity index (χ2n) is 4.05. The molecule has 0 aromatic rings. The van der Waals surface area contributed by atoms with Crippen LogP contribution in [-0.2, 0) is 14.3 Å². The zero-order valence-electron chi connectivity index (χ0n) is 6.66. The number of cyclic esters (lactones) is 2. The maximum Gasteiger partial charge on any atom is 0.317 e. The average molecular weight is 166 g/mol. The van der Waals surface area contributed by atoms with E-state index in [1.165, 1.54) is 6.42 Å². The van der Waals surface area contributed by atoms with Crippen LogP contribution in [0.15, 0.2) is 0 Å². The number of rotatable bonds is 0. The first-order valence-corrected chi connectivity index (χ1v) is 4.54. The van der Waals surface area contributed by atoms with E-state index in [0.29, 0.717) is 11.8 Å². The quantitative estimate of drug-likeness (QED) is 0.393. The predicted molar refractivity (Wildman–Crippen MR) is 38.9 cm³/mol. The van der Waals surface area contributed by atoms with Gasteiger partial charge in [-0.2, -0.15) is 0 Å². The summed E-state index contributed by atoms with van der Waals surface area (Å²) in [6, 6.07) is 0. The minimum atomic E-state index is -0.256. The van der Waals surface area contributed by atoms with Crippen molar-refractivity contribution in [3.63, 3.8) is 0 Å². The van der Waals surface area contributed by atoms with Gasteiger partial charge in [0.2, 0.25) is 0 Å². The first kappa shape index (κ1) is 6.63. The Kier molecular flexibility index (Phi) is 1.05. The van der Waals surface area contributed by atoms with Gasteiger partial charge in [0.15, 0.2) is 0 Å². The Hall–Kier alpha value is -0.860. The van der Waals surface area contributed by atoms with Gasteiger partial charge in [-0.15, -0.1) is 0 Å². The molecule has 0 bridgehead atoms. The molecule has 4 unspecified atom stereocenters. The number of hydrogen-bond donors (Lipinski definition) is 0. The van der Waals surface area contributed by atoms with Gasteiger partial charge in [-0.1, -0.05) is 6.42 Å². The van der Waals surface area contributed by atoms with E-state index in [1.54, 1.807) is 0 Å². The highest BCUT2D eigenvalue weighted by Gasteiger charge is 2.64. The fourth-order valence-corrected chi connectivity index (χ4v) is 3.17. The maximum atomic E-state index is 11.1. The highest BCUT2D eigenvalue weighted by molar-refractivity contribution is 5.98. The van der Waals surface area contributed by atoms with Crippen molar-refractivity contribution in [1.29, 1.82) is 0 Å². The Morgan fingerprint density at radius 1 is 1.00 bits per heavy atom. The molecule has 64 valence electrons. The van der Waals surface area contributed by atoms with Gasteiger partial charge < -0.3 is 4.74 Å². The molecule has 3 heteroatoms. The SMILES string of the molecule is O=C1OC(=O)C2C3CCCC3C12. The van der Waals surface area contributed by atoms with Crippen LogP contribution in [0.4, 0.5) is 0 Å². The molecule has 1 heterocycles. The summed E-state index contributed by atoms with van der Waals surface area (Å²) < 4.78 is 4.61. The molecule has 1 aliphatic heterocycles. The summed E-state index contributed by atoms with van der Waals surface area (Å²) in [5.74, 6) is 0.346. The lowest BCUT2D eigenvalue weighted by molar-refractivity contribution is -0.153. The average Bonchev–Trinajstić information content (AvgIpc) is 2.41. The highest BCUT2D eigenvalue weighted by atomic mass is 16.6. The Balaban J connectivity index is 1.95. The van der Waals surface area contributed by atoms with Crippen molar-refractivity contribution in [3.8, 4) is 0 Å². The first-order valence-electron chi connectivity index (χ1n) is 4.54. The lowest BCUT2D eigenvalue weighted by Crippen LogP contribution is -2.45. The highest BCUT2D eigenvalue weighted by Crippen LogP contribution is 2.58. The molecule has 3 aliphatic rings. The Labute approximate surface area is 70.1 Å². The van der Waals surface area contributed by atoms with Crippen LogP contribution >= 0.6 is 0 Å². The van der Waals surface area contributed by atoms with Gasteiger partial charge in [-0.3, -0.25) is 9.59 Å². The molecule has 3 rings (SSSR count). The molecule has 3 nitrogen and oxygen atoms in total. The van der Waals surface area contributed by atoms with Crippen LogP contribution in [0.1, 0.15) is 19.3 Å². The normalized spacial score (nSPS) is 49.7. The third-order valence-electron chi connectivity index (χ3n) is 3.68. The molecular formula is C9H10O3. The molecule has 0 amide bonds. The molecule has 2 aliphatic carbocycles. The molecule has 0 N–H and O–H groups in total. The number of fused-ring (bicyclic) bond motifs is 4. The summed E-state index contributed by atoms with van der Waals surface area (Å²) in [6.07, 6.45) is 3.42. The number of carbonyl (C=O) groups excluding carboxylic acids is 2.